The predicted molar refractivity (Wildman–Crippen MR) is 40.3 cm³/mol. The highest BCUT2D eigenvalue weighted by Gasteiger charge is 2.54. The van der Waals surface area contributed by atoms with Gasteiger partial charge in [-0.1, -0.05) is 6.92 Å². The molecule has 1 aliphatic rings. The van der Waals surface area contributed by atoms with E-state index in [1.165, 1.54) is 0 Å². The first kappa shape index (κ1) is 8.53. The van der Waals surface area contributed by atoms with E-state index in [4.69, 9.17) is 9.84 Å². The summed E-state index contributed by atoms with van der Waals surface area (Å²) in [5.41, 5.74) is -0.448. The molecular weight excluding hydrogens is 144 g/mol. The molecule has 0 aromatic heterocycles. The van der Waals surface area contributed by atoms with E-state index in [1.807, 2.05) is 6.92 Å². The van der Waals surface area contributed by atoms with E-state index in [9.17, 15) is 4.79 Å². The number of methoxy groups -OCH3 is 1. The molecule has 0 aromatic rings. The second kappa shape index (κ2) is 2.81. The molecule has 3 heteroatoms. The first-order chi connectivity index (χ1) is 5.13. The van der Waals surface area contributed by atoms with Crippen molar-refractivity contribution in [3.05, 3.63) is 0 Å². The van der Waals surface area contributed by atoms with Crippen molar-refractivity contribution in [3.8, 4) is 0 Å². The van der Waals surface area contributed by atoms with Gasteiger partial charge in [-0.05, 0) is 18.8 Å². The molecule has 0 aromatic carbocycles. The minimum Gasteiger partial charge on any atom is -0.481 e. The minimum atomic E-state index is -0.665. The number of hydrogen-bond acceptors (Lipinski definition) is 2. The van der Waals surface area contributed by atoms with Crippen LogP contribution in [0.2, 0.25) is 0 Å². The Balaban J connectivity index is 2.51. The number of carboxylic acids is 1. The van der Waals surface area contributed by atoms with Gasteiger partial charge in [0.25, 0.3) is 0 Å². The maximum atomic E-state index is 10.7. The van der Waals surface area contributed by atoms with Gasteiger partial charge in [0.15, 0.2) is 0 Å². The van der Waals surface area contributed by atoms with Gasteiger partial charge in [0.2, 0.25) is 0 Å². The maximum Gasteiger partial charge on any atom is 0.309 e. The summed E-state index contributed by atoms with van der Waals surface area (Å²) in [6.07, 6.45) is 1.62. The van der Waals surface area contributed by atoms with Crippen LogP contribution < -0.4 is 0 Å². The average molecular weight is 158 g/mol. The summed E-state index contributed by atoms with van der Waals surface area (Å²) in [6, 6.07) is 0. The number of ether oxygens (including phenoxy) is 1. The van der Waals surface area contributed by atoms with Crippen LogP contribution in [0.25, 0.3) is 0 Å². The third-order valence-corrected chi connectivity index (χ3v) is 2.57. The molecule has 1 aliphatic carbocycles. The number of rotatable bonds is 4. The average Bonchev–Trinajstić information content (AvgIpc) is 2.66. The fraction of sp³-hybridized carbons (Fsp3) is 0.875. The second-order valence-corrected chi connectivity index (χ2v) is 3.32. The van der Waals surface area contributed by atoms with E-state index in [-0.39, 0.29) is 5.92 Å². The summed E-state index contributed by atoms with van der Waals surface area (Å²) in [5.74, 6) is -0.521. The Labute approximate surface area is 66.4 Å². The van der Waals surface area contributed by atoms with Gasteiger partial charge in [-0.25, -0.2) is 0 Å². The van der Waals surface area contributed by atoms with Gasteiger partial charge in [-0.3, -0.25) is 4.79 Å². The van der Waals surface area contributed by atoms with Gasteiger partial charge < -0.3 is 9.84 Å². The maximum absolute atomic E-state index is 10.7. The lowest BCUT2D eigenvalue weighted by Crippen LogP contribution is -2.26. The molecule has 1 atom stereocenters. The Hall–Kier alpha value is -0.570. The summed E-state index contributed by atoms with van der Waals surface area (Å²) >= 11 is 0. The third-order valence-electron chi connectivity index (χ3n) is 2.57. The van der Waals surface area contributed by atoms with E-state index in [0.29, 0.717) is 6.61 Å². The molecular formula is C8H14O3. The zero-order chi connectivity index (χ0) is 8.48. The van der Waals surface area contributed by atoms with Gasteiger partial charge >= 0.3 is 5.97 Å². The van der Waals surface area contributed by atoms with Crippen LogP contribution in [0.1, 0.15) is 19.8 Å². The Morgan fingerprint density at radius 3 is 2.55 bits per heavy atom. The van der Waals surface area contributed by atoms with Crippen molar-refractivity contribution in [1.29, 1.82) is 0 Å². The fourth-order valence-electron chi connectivity index (χ4n) is 1.46. The fourth-order valence-corrected chi connectivity index (χ4v) is 1.46. The van der Waals surface area contributed by atoms with E-state index in [0.717, 1.165) is 12.8 Å². The summed E-state index contributed by atoms with van der Waals surface area (Å²) in [6.45, 7) is 2.48. The third kappa shape index (κ3) is 1.38. The zero-order valence-electron chi connectivity index (χ0n) is 6.96. The summed E-state index contributed by atoms with van der Waals surface area (Å²) in [5, 5.41) is 8.85. The van der Waals surface area contributed by atoms with Crippen molar-refractivity contribution in [3.63, 3.8) is 0 Å². The van der Waals surface area contributed by atoms with Crippen LogP contribution in [0.15, 0.2) is 0 Å². The highest BCUT2D eigenvalue weighted by atomic mass is 16.5. The zero-order valence-corrected chi connectivity index (χ0v) is 6.96. The molecule has 1 fully saturated rings. The number of carboxylic acid groups (broad SMARTS) is 1. The highest BCUT2D eigenvalue weighted by Crippen LogP contribution is 2.52. The SMILES string of the molecule is COCC(C)C1(C(=O)O)CC1. The standard InChI is InChI=1S/C8H14O3/c1-6(5-11-2)8(3-4-8)7(9)10/h6H,3-5H2,1-2H3,(H,9,10). The van der Waals surface area contributed by atoms with Crippen molar-refractivity contribution < 1.29 is 14.6 Å². The molecule has 1 rings (SSSR count). The number of aliphatic carboxylic acids is 1. The Morgan fingerprint density at radius 1 is 1.73 bits per heavy atom. The first-order valence-electron chi connectivity index (χ1n) is 3.86. The molecule has 0 radical (unpaired) electrons. The lowest BCUT2D eigenvalue weighted by molar-refractivity contribution is -0.146. The van der Waals surface area contributed by atoms with E-state index in [2.05, 4.69) is 0 Å². The van der Waals surface area contributed by atoms with Crippen molar-refractivity contribution >= 4 is 5.97 Å². The summed E-state index contributed by atoms with van der Waals surface area (Å²) in [7, 11) is 1.61. The van der Waals surface area contributed by atoms with Gasteiger partial charge in [-0.15, -0.1) is 0 Å². The van der Waals surface area contributed by atoms with Crippen molar-refractivity contribution in [2.45, 2.75) is 19.8 Å². The molecule has 0 heterocycles. The molecule has 0 amide bonds. The van der Waals surface area contributed by atoms with Gasteiger partial charge in [-0.2, -0.15) is 0 Å². The van der Waals surface area contributed by atoms with Crippen molar-refractivity contribution in [1.82, 2.24) is 0 Å². The molecule has 1 N–H and O–H groups in total. The molecule has 1 unspecified atom stereocenters. The van der Waals surface area contributed by atoms with Crippen molar-refractivity contribution in [2.24, 2.45) is 11.3 Å². The first-order valence-corrected chi connectivity index (χ1v) is 3.86. The van der Waals surface area contributed by atoms with E-state index < -0.39 is 11.4 Å². The molecule has 0 bridgehead atoms. The second-order valence-electron chi connectivity index (χ2n) is 3.32. The van der Waals surface area contributed by atoms with Crippen LogP contribution in [-0.4, -0.2) is 24.8 Å². The predicted octanol–water partition coefficient (Wildman–Crippen LogP) is 1.13. The van der Waals surface area contributed by atoms with Gasteiger partial charge in [0, 0.05) is 13.7 Å². The lowest BCUT2D eigenvalue weighted by atomic mass is 9.92. The molecule has 0 spiro atoms. The molecule has 0 aliphatic heterocycles. The molecule has 3 nitrogen and oxygen atoms in total. The van der Waals surface area contributed by atoms with Crippen LogP contribution in [0.3, 0.4) is 0 Å². The monoisotopic (exact) mass is 158 g/mol. The topological polar surface area (TPSA) is 46.5 Å². The Morgan fingerprint density at radius 2 is 2.27 bits per heavy atom. The molecule has 1 saturated carbocycles. The van der Waals surface area contributed by atoms with Crippen LogP contribution in [-0.2, 0) is 9.53 Å². The van der Waals surface area contributed by atoms with Gasteiger partial charge in [0.05, 0.1) is 5.41 Å². The Kier molecular flexibility index (Phi) is 2.18. The lowest BCUT2D eigenvalue weighted by Gasteiger charge is -2.17. The van der Waals surface area contributed by atoms with E-state index >= 15 is 0 Å². The van der Waals surface area contributed by atoms with Gasteiger partial charge in [0.1, 0.15) is 0 Å². The van der Waals surface area contributed by atoms with Crippen LogP contribution in [0, 0.1) is 11.3 Å². The van der Waals surface area contributed by atoms with E-state index in [1.54, 1.807) is 7.11 Å². The highest BCUT2D eigenvalue weighted by molar-refractivity contribution is 5.78. The normalized spacial score (nSPS) is 22.7. The summed E-state index contributed by atoms with van der Waals surface area (Å²) in [4.78, 5) is 10.7. The molecule has 0 saturated heterocycles. The Bertz CT molecular complexity index is 161. The largest absolute Gasteiger partial charge is 0.481 e. The summed E-state index contributed by atoms with van der Waals surface area (Å²) < 4.78 is 4.92. The van der Waals surface area contributed by atoms with Crippen LogP contribution in [0.5, 0.6) is 0 Å². The molecule has 11 heavy (non-hydrogen) atoms. The quantitative estimate of drug-likeness (QED) is 0.667. The minimum absolute atomic E-state index is 0.144. The van der Waals surface area contributed by atoms with Crippen LogP contribution >= 0.6 is 0 Å². The molecule has 64 valence electrons. The van der Waals surface area contributed by atoms with Crippen molar-refractivity contribution in [2.75, 3.05) is 13.7 Å². The van der Waals surface area contributed by atoms with Crippen LogP contribution in [0.4, 0.5) is 0 Å². The number of carbonyl (C=O) groups is 1. The smallest absolute Gasteiger partial charge is 0.309 e. The number of hydrogen-bond donors (Lipinski definition) is 1.